The molecule has 0 unspecified atom stereocenters. The van der Waals surface area contributed by atoms with Crippen LogP contribution in [0.25, 0.3) is 12.2 Å². The number of aromatic nitrogens is 6. The second-order valence-corrected chi connectivity index (χ2v) is 15.2. The van der Waals surface area contributed by atoms with E-state index in [2.05, 4.69) is 34.6 Å². The van der Waals surface area contributed by atoms with Crippen molar-refractivity contribution in [2.45, 2.75) is 90.3 Å². The van der Waals surface area contributed by atoms with E-state index >= 15 is 0 Å². The number of aromatic amines is 3. The monoisotopic (exact) mass is 1080 g/mol. The largest absolute Gasteiger partial charge is 1.00 e. The van der Waals surface area contributed by atoms with Crippen LogP contribution in [0, 0.1) is 0 Å². The zero-order chi connectivity index (χ0) is 55.9. The van der Waals surface area contributed by atoms with E-state index in [1.165, 1.54) is 24.8 Å². The Kier molecular flexibility index (Phi) is 42.0. The first kappa shape index (κ1) is 69.2. The van der Waals surface area contributed by atoms with Crippen molar-refractivity contribution in [3.8, 4) is 0 Å². The maximum atomic E-state index is 11.6. The molecule has 412 valence electrons. The van der Waals surface area contributed by atoms with Gasteiger partial charge in [0.25, 0.3) is 0 Å². The number of aliphatic hydroxyl groups is 2. The average molecular weight is 1090 g/mol. The Morgan fingerprint density at radius 3 is 1.53 bits per heavy atom. The van der Waals surface area contributed by atoms with Crippen molar-refractivity contribution in [3.63, 3.8) is 0 Å². The van der Waals surface area contributed by atoms with Crippen LogP contribution in [0.15, 0.2) is 110 Å². The molecular weight excluding hydrogens is 1020 g/mol. The minimum atomic E-state index is -1.10. The van der Waals surface area contributed by atoms with E-state index in [0.717, 1.165) is 29.3 Å². The van der Waals surface area contributed by atoms with E-state index in [4.69, 9.17) is 39.4 Å². The van der Waals surface area contributed by atoms with Gasteiger partial charge in [-0.25, -0.2) is 24.5 Å². The van der Waals surface area contributed by atoms with E-state index in [-0.39, 0.29) is 119 Å². The van der Waals surface area contributed by atoms with Crippen molar-refractivity contribution in [1.29, 1.82) is 0 Å². The van der Waals surface area contributed by atoms with Gasteiger partial charge in [-0.1, -0.05) is 60.7 Å². The first-order chi connectivity index (χ1) is 36.7. The second kappa shape index (κ2) is 46.7. The van der Waals surface area contributed by atoms with Gasteiger partial charge in [-0.15, -0.1) is 0 Å². The zero-order valence-electron chi connectivity index (χ0n) is 42.8. The SMILES string of the molecule is O=C(/C=C/c1cnc[nH]1)OCCCC(=O)OCc1ccccc1.O=C(CCCO)OCc1ccccc1.O=C(O)/C=C/c1cnc[nH]1.O=C(O)CCCOC(=O)CCc1cnc[nH]1.O=C([O-])CCCO.O=C1CCCO1.[Na+]. The number of imidazole rings is 3. The number of aliphatic carboxylic acids is 3. The van der Waals surface area contributed by atoms with Crippen LogP contribution in [0.4, 0.5) is 0 Å². The number of carboxylic acids is 3. The number of nitrogens with one attached hydrogen (secondary N) is 3. The molecule has 6 rings (SSSR count). The topological polar surface area (TPSA) is 373 Å². The Morgan fingerprint density at radius 1 is 0.610 bits per heavy atom. The molecular formula is C52H65N6NaO18. The summed E-state index contributed by atoms with van der Waals surface area (Å²) in [7, 11) is 0. The maximum Gasteiger partial charge on any atom is 1.00 e. The molecule has 0 aliphatic carbocycles. The summed E-state index contributed by atoms with van der Waals surface area (Å²) in [5.41, 5.74) is 4.19. The van der Waals surface area contributed by atoms with Gasteiger partial charge >= 0.3 is 71.3 Å². The molecule has 4 heterocycles. The standard InChI is InChI=1S/C17H18N2O4.C11H14O3.C10H14N2O4.C6H6N2O2.C4H8O3.C4H6O2.Na/c20-16(23-12-14-5-2-1-3-6-14)7-4-10-22-17(21)9-8-15-11-18-13-19-15;12-8-4-7-11(13)14-9-10-5-2-1-3-6-10;13-9(14)2-1-5-16-10(15)4-3-8-6-11-7-12-8;9-6(10)2-1-5-3-7-4-8-5;5-3-1-2-4(6)7;5-4-2-1-3-6-4;/h1-3,5-6,8-9,11,13H,4,7,10,12H2,(H,18,19);1-3,5-6,12H,4,7-9H2;6-7H,1-5H2,(H,11,12)(H,13,14);1-4H,(H,7,8)(H,9,10);5H,1-3H2,(H,6,7);1-3H2;/q;;;;;;+1/p-1/b9-8+;;;2-1+;;;. The molecule has 0 bridgehead atoms. The molecule has 1 aliphatic rings. The molecule has 77 heavy (non-hydrogen) atoms. The summed E-state index contributed by atoms with van der Waals surface area (Å²) in [6, 6.07) is 19.0. The molecule has 0 saturated carbocycles. The number of H-pyrrole nitrogens is 3. The molecule has 0 radical (unpaired) electrons. The van der Waals surface area contributed by atoms with Crippen molar-refractivity contribution in [2.24, 2.45) is 0 Å². The number of ether oxygens (including phenoxy) is 5. The van der Waals surface area contributed by atoms with Gasteiger partial charge in [0, 0.05) is 68.9 Å². The summed E-state index contributed by atoms with van der Waals surface area (Å²) in [6.45, 7) is 1.49. The molecule has 0 amide bonds. The molecule has 5 aromatic rings. The van der Waals surface area contributed by atoms with E-state index in [1.807, 2.05) is 60.7 Å². The predicted molar refractivity (Wildman–Crippen MR) is 268 cm³/mol. The van der Waals surface area contributed by atoms with Gasteiger partial charge in [-0.3, -0.25) is 24.0 Å². The molecule has 2 aromatic carbocycles. The minimum Gasteiger partial charge on any atom is -0.550 e. The van der Waals surface area contributed by atoms with Gasteiger partial charge in [0.05, 0.1) is 69.0 Å². The Morgan fingerprint density at radius 2 is 1.10 bits per heavy atom. The van der Waals surface area contributed by atoms with Crippen molar-refractivity contribution in [2.75, 3.05) is 33.0 Å². The Balaban J connectivity index is 0.000000949. The summed E-state index contributed by atoms with van der Waals surface area (Å²) in [4.78, 5) is 105. The van der Waals surface area contributed by atoms with Crippen molar-refractivity contribution < 1.29 is 117 Å². The molecule has 1 aliphatic heterocycles. The van der Waals surface area contributed by atoms with Gasteiger partial charge < -0.3 is 69.0 Å². The van der Waals surface area contributed by atoms with Crippen molar-refractivity contribution in [1.82, 2.24) is 29.9 Å². The second-order valence-electron chi connectivity index (χ2n) is 15.2. The molecule has 24 nitrogen and oxygen atoms in total. The van der Waals surface area contributed by atoms with E-state index < -0.39 is 23.9 Å². The van der Waals surface area contributed by atoms with Crippen LogP contribution in [0.5, 0.6) is 0 Å². The number of hydrogen-bond donors (Lipinski definition) is 7. The predicted octanol–water partition coefficient (Wildman–Crippen LogP) is 1.09. The number of carboxylic acid groups (broad SMARTS) is 3. The number of aliphatic hydroxyl groups excluding tert-OH is 2. The van der Waals surface area contributed by atoms with E-state index in [1.54, 1.807) is 31.0 Å². The molecule has 0 atom stereocenters. The van der Waals surface area contributed by atoms with Crippen LogP contribution in [0.1, 0.15) is 98.8 Å². The van der Waals surface area contributed by atoms with Crippen molar-refractivity contribution >= 4 is 59.9 Å². The number of benzene rings is 2. The van der Waals surface area contributed by atoms with Crippen LogP contribution in [-0.2, 0) is 81.7 Å². The quantitative estimate of drug-likeness (QED) is 0.0141. The fourth-order valence-electron chi connectivity index (χ4n) is 5.15. The number of esters is 5. The molecule has 3 aromatic heterocycles. The maximum absolute atomic E-state index is 11.6. The zero-order valence-corrected chi connectivity index (χ0v) is 44.8. The number of rotatable bonds is 25. The fraction of sp³-hybridized carbons (Fsp3) is 0.365. The van der Waals surface area contributed by atoms with Gasteiger partial charge in [0.1, 0.15) is 13.2 Å². The first-order valence-electron chi connectivity index (χ1n) is 23.7. The van der Waals surface area contributed by atoms with Gasteiger partial charge in [-0.05, 0) is 68.2 Å². The Labute approximate surface area is 466 Å². The van der Waals surface area contributed by atoms with Gasteiger partial charge in [0.15, 0.2) is 0 Å². The van der Waals surface area contributed by atoms with Crippen LogP contribution < -0.4 is 34.7 Å². The Hall–Kier alpha value is -7.77. The van der Waals surface area contributed by atoms with Crippen LogP contribution in [0.3, 0.4) is 0 Å². The van der Waals surface area contributed by atoms with Crippen LogP contribution in [0.2, 0.25) is 0 Å². The normalized spacial score (nSPS) is 10.8. The molecule has 0 spiro atoms. The third-order valence-electron chi connectivity index (χ3n) is 8.92. The first-order valence-corrected chi connectivity index (χ1v) is 23.7. The van der Waals surface area contributed by atoms with E-state index in [0.29, 0.717) is 63.1 Å². The number of carbonyl (C=O) groups excluding carboxylic acids is 6. The minimum absolute atomic E-state index is 0. The van der Waals surface area contributed by atoms with Crippen LogP contribution in [-0.4, -0.2) is 131 Å². The Bertz CT molecular complexity index is 2390. The number of nitrogens with zero attached hydrogens (tertiary/aromatic N) is 3. The third-order valence-corrected chi connectivity index (χ3v) is 8.92. The van der Waals surface area contributed by atoms with Gasteiger partial charge in [0.2, 0.25) is 0 Å². The number of cyclic esters (lactones) is 1. The fourth-order valence-corrected chi connectivity index (χ4v) is 5.15. The third kappa shape index (κ3) is 43.2. The van der Waals surface area contributed by atoms with E-state index in [9.17, 15) is 43.5 Å². The number of hydrogen-bond acceptors (Lipinski definition) is 19. The summed E-state index contributed by atoms with van der Waals surface area (Å²) in [5, 5.41) is 42.6. The molecule has 1 fully saturated rings. The average Bonchev–Trinajstić information content (AvgIpc) is 4.30. The smallest absolute Gasteiger partial charge is 0.550 e. The molecule has 1 saturated heterocycles. The summed E-state index contributed by atoms with van der Waals surface area (Å²) in [6.07, 6.45) is 19.1. The van der Waals surface area contributed by atoms with Crippen LogP contribution >= 0.6 is 0 Å². The summed E-state index contributed by atoms with van der Waals surface area (Å²) < 4.78 is 24.5. The molecule has 7 N–H and O–H groups in total. The van der Waals surface area contributed by atoms with Crippen molar-refractivity contribution in [3.05, 3.63) is 139 Å². The van der Waals surface area contributed by atoms with Gasteiger partial charge in [-0.2, -0.15) is 0 Å². The summed E-state index contributed by atoms with van der Waals surface area (Å²) >= 11 is 0. The number of carbonyl (C=O) groups is 8. The number of aryl methyl sites for hydroxylation is 1. The molecule has 25 heteroatoms. The summed E-state index contributed by atoms with van der Waals surface area (Å²) in [5.74, 6) is -4.34.